The van der Waals surface area contributed by atoms with Crippen molar-refractivity contribution in [3.05, 3.63) is 35.4 Å². The van der Waals surface area contributed by atoms with Gasteiger partial charge in [0.15, 0.2) is 0 Å². The third-order valence-electron chi connectivity index (χ3n) is 4.68. The molecule has 1 aromatic carbocycles. The van der Waals surface area contributed by atoms with E-state index in [9.17, 15) is 5.11 Å². The molecule has 0 aromatic heterocycles. The Morgan fingerprint density at radius 3 is 2.84 bits per heavy atom. The third-order valence-corrected chi connectivity index (χ3v) is 4.68. The topological polar surface area (TPSA) is 20.2 Å². The fourth-order valence-corrected chi connectivity index (χ4v) is 3.48. The first-order valence-corrected chi connectivity index (χ1v) is 8.01. The number of rotatable bonds is 5. The number of aliphatic hydroxyl groups is 1. The number of hydrogen-bond acceptors (Lipinski definition) is 1. The molecule has 1 saturated carbocycles. The first-order chi connectivity index (χ1) is 9.24. The average molecular weight is 260 g/mol. The summed E-state index contributed by atoms with van der Waals surface area (Å²) in [5.74, 6) is 1.29. The Kier molecular flexibility index (Phi) is 5.45. The Labute approximate surface area is 118 Å². The van der Waals surface area contributed by atoms with Crippen LogP contribution in [0.15, 0.2) is 24.3 Å². The molecule has 3 unspecified atom stereocenters. The fourth-order valence-electron chi connectivity index (χ4n) is 3.48. The summed E-state index contributed by atoms with van der Waals surface area (Å²) in [6.45, 7) is 4.48. The minimum absolute atomic E-state index is 0.258. The molecule has 0 bridgehead atoms. The third kappa shape index (κ3) is 3.82. The molecule has 106 valence electrons. The number of benzene rings is 1. The second-order valence-corrected chi connectivity index (χ2v) is 6.14. The van der Waals surface area contributed by atoms with Crippen LogP contribution in [0, 0.1) is 11.8 Å². The number of aryl methyl sites for hydroxylation is 1. The van der Waals surface area contributed by atoms with E-state index in [-0.39, 0.29) is 6.10 Å². The minimum Gasteiger partial charge on any atom is -0.388 e. The second-order valence-electron chi connectivity index (χ2n) is 6.14. The lowest BCUT2D eigenvalue weighted by molar-refractivity contribution is 0.0677. The van der Waals surface area contributed by atoms with Crippen molar-refractivity contribution in [1.29, 1.82) is 0 Å². The molecule has 1 nitrogen and oxygen atoms in total. The van der Waals surface area contributed by atoms with E-state index in [2.05, 4.69) is 38.1 Å². The molecule has 0 heterocycles. The summed E-state index contributed by atoms with van der Waals surface area (Å²) in [7, 11) is 0. The van der Waals surface area contributed by atoms with Crippen LogP contribution in [0.25, 0.3) is 0 Å². The van der Waals surface area contributed by atoms with Crippen molar-refractivity contribution < 1.29 is 5.11 Å². The zero-order chi connectivity index (χ0) is 13.7. The van der Waals surface area contributed by atoms with E-state index in [0.29, 0.717) is 5.92 Å². The van der Waals surface area contributed by atoms with Gasteiger partial charge in [0.25, 0.3) is 0 Å². The van der Waals surface area contributed by atoms with Crippen molar-refractivity contribution in [2.24, 2.45) is 11.8 Å². The Morgan fingerprint density at radius 2 is 2.11 bits per heavy atom. The van der Waals surface area contributed by atoms with E-state index in [1.165, 1.54) is 44.1 Å². The summed E-state index contributed by atoms with van der Waals surface area (Å²) >= 11 is 0. The van der Waals surface area contributed by atoms with Crippen molar-refractivity contribution in [2.75, 3.05) is 0 Å². The quantitative estimate of drug-likeness (QED) is 0.799. The summed E-state index contributed by atoms with van der Waals surface area (Å²) in [5.41, 5.74) is 2.50. The van der Waals surface area contributed by atoms with Crippen molar-refractivity contribution in [3.63, 3.8) is 0 Å². The van der Waals surface area contributed by atoms with Gasteiger partial charge in [-0.05, 0) is 42.2 Å². The molecule has 1 aliphatic carbocycles. The van der Waals surface area contributed by atoms with Crippen LogP contribution in [0.4, 0.5) is 0 Å². The number of hydrogen-bond donors (Lipinski definition) is 1. The van der Waals surface area contributed by atoms with Gasteiger partial charge in [0, 0.05) is 0 Å². The van der Waals surface area contributed by atoms with Crippen LogP contribution in [0.5, 0.6) is 0 Å². The first-order valence-electron chi connectivity index (χ1n) is 8.01. The standard InChI is InChI=1S/C18H28O/c1-3-7-15-9-6-11-17(13-15)18(19)16-10-5-8-14(4-2)12-16/h6,9,11,13-14,16,18-19H,3-5,7-8,10,12H2,1-2H3. The Morgan fingerprint density at radius 1 is 1.26 bits per heavy atom. The molecular formula is C18H28O. The van der Waals surface area contributed by atoms with Crippen LogP contribution < -0.4 is 0 Å². The Bertz CT molecular complexity index is 385. The van der Waals surface area contributed by atoms with E-state index >= 15 is 0 Å². The summed E-state index contributed by atoms with van der Waals surface area (Å²) < 4.78 is 0. The van der Waals surface area contributed by atoms with Crippen molar-refractivity contribution in [2.45, 2.75) is 64.9 Å². The van der Waals surface area contributed by atoms with E-state index in [1.807, 2.05) is 0 Å². The molecule has 0 radical (unpaired) electrons. The predicted octanol–water partition coefficient (Wildman–Crippen LogP) is 4.89. The van der Waals surface area contributed by atoms with Gasteiger partial charge in [-0.1, -0.05) is 63.8 Å². The smallest absolute Gasteiger partial charge is 0.0818 e. The van der Waals surface area contributed by atoms with Gasteiger partial charge in [-0.2, -0.15) is 0 Å². The lowest BCUT2D eigenvalue weighted by Crippen LogP contribution is -2.21. The SMILES string of the molecule is CCCc1cccc(C(O)C2CCCC(CC)C2)c1. The zero-order valence-corrected chi connectivity index (χ0v) is 12.4. The maximum Gasteiger partial charge on any atom is 0.0818 e. The molecule has 3 atom stereocenters. The summed E-state index contributed by atoms with van der Waals surface area (Å²) in [6, 6.07) is 8.59. The maximum atomic E-state index is 10.7. The molecule has 0 saturated heterocycles. The van der Waals surface area contributed by atoms with Gasteiger partial charge in [-0.25, -0.2) is 0 Å². The van der Waals surface area contributed by atoms with Crippen molar-refractivity contribution in [1.82, 2.24) is 0 Å². The fraction of sp³-hybridized carbons (Fsp3) is 0.667. The molecule has 1 aliphatic rings. The summed E-state index contributed by atoms with van der Waals surface area (Å²) in [4.78, 5) is 0. The maximum absolute atomic E-state index is 10.7. The van der Waals surface area contributed by atoms with E-state index in [0.717, 1.165) is 17.9 Å². The van der Waals surface area contributed by atoms with Gasteiger partial charge < -0.3 is 5.11 Å². The molecule has 0 spiro atoms. The van der Waals surface area contributed by atoms with Crippen molar-refractivity contribution >= 4 is 0 Å². The Hall–Kier alpha value is -0.820. The summed E-state index contributed by atoms with van der Waals surface area (Å²) in [6.07, 6.45) is 8.32. The highest BCUT2D eigenvalue weighted by atomic mass is 16.3. The molecule has 2 rings (SSSR count). The van der Waals surface area contributed by atoms with Crippen LogP contribution in [-0.4, -0.2) is 5.11 Å². The van der Waals surface area contributed by atoms with Crippen LogP contribution in [0.2, 0.25) is 0 Å². The van der Waals surface area contributed by atoms with Crippen LogP contribution >= 0.6 is 0 Å². The second kappa shape index (κ2) is 7.09. The van der Waals surface area contributed by atoms with Gasteiger partial charge >= 0.3 is 0 Å². The van der Waals surface area contributed by atoms with E-state index in [4.69, 9.17) is 0 Å². The van der Waals surface area contributed by atoms with Crippen molar-refractivity contribution in [3.8, 4) is 0 Å². The van der Waals surface area contributed by atoms with Gasteiger partial charge in [-0.15, -0.1) is 0 Å². The molecule has 19 heavy (non-hydrogen) atoms. The van der Waals surface area contributed by atoms with Crippen LogP contribution in [-0.2, 0) is 6.42 Å². The molecule has 0 aliphatic heterocycles. The first kappa shape index (κ1) is 14.6. The molecule has 1 aromatic rings. The molecule has 1 heteroatoms. The highest BCUT2D eigenvalue weighted by Gasteiger charge is 2.27. The Balaban J connectivity index is 2.05. The monoisotopic (exact) mass is 260 g/mol. The average Bonchev–Trinajstić information content (AvgIpc) is 2.47. The highest BCUT2D eigenvalue weighted by Crippen LogP contribution is 2.38. The van der Waals surface area contributed by atoms with Gasteiger partial charge in [0.05, 0.1) is 6.10 Å². The van der Waals surface area contributed by atoms with Crippen LogP contribution in [0.3, 0.4) is 0 Å². The van der Waals surface area contributed by atoms with Crippen LogP contribution in [0.1, 0.15) is 69.6 Å². The largest absolute Gasteiger partial charge is 0.388 e. The number of aliphatic hydroxyl groups excluding tert-OH is 1. The lowest BCUT2D eigenvalue weighted by Gasteiger charge is -2.32. The van der Waals surface area contributed by atoms with Gasteiger partial charge in [-0.3, -0.25) is 0 Å². The van der Waals surface area contributed by atoms with E-state index in [1.54, 1.807) is 0 Å². The molecular weight excluding hydrogens is 232 g/mol. The van der Waals surface area contributed by atoms with Gasteiger partial charge in [0.2, 0.25) is 0 Å². The lowest BCUT2D eigenvalue weighted by atomic mass is 9.76. The predicted molar refractivity (Wildman–Crippen MR) is 81.1 cm³/mol. The molecule has 0 amide bonds. The van der Waals surface area contributed by atoms with Gasteiger partial charge in [0.1, 0.15) is 0 Å². The highest BCUT2D eigenvalue weighted by molar-refractivity contribution is 5.25. The minimum atomic E-state index is -0.258. The normalized spacial score (nSPS) is 25.2. The molecule has 1 fully saturated rings. The summed E-state index contributed by atoms with van der Waals surface area (Å²) in [5, 5.41) is 10.7. The molecule has 1 N–H and O–H groups in total. The van der Waals surface area contributed by atoms with E-state index < -0.39 is 0 Å². The zero-order valence-electron chi connectivity index (χ0n) is 12.4.